The molecular formula is C10H14O4. The van der Waals surface area contributed by atoms with Crippen LogP contribution in [0.1, 0.15) is 26.2 Å². The molecule has 1 rings (SSSR count). The van der Waals surface area contributed by atoms with Crippen LogP contribution in [0.4, 0.5) is 0 Å². The lowest BCUT2D eigenvalue weighted by molar-refractivity contribution is -0.142. The fraction of sp³-hybridized carbons (Fsp3) is 0.700. The molecular weight excluding hydrogens is 184 g/mol. The van der Waals surface area contributed by atoms with Crippen molar-refractivity contribution in [2.45, 2.75) is 26.2 Å². The zero-order valence-corrected chi connectivity index (χ0v) is 8.41. The van der Waals surface area contributed by atoms with E-state index in [0.29, 0.717) is 6.42 Å². The van der Waals surface area contributed by atoms with Crippen LogP contribution in [0, 0.1) is 11.8 Å². The smallest absolute Gasteiger partial charge is 0.305 e. The van der Waals surface area contributed by atoms with Crippen LogP contribution in [0.2, 0.25) is 0 Å². The molecule has 2 atom stereocenters. The van der Waals surface area contributed by atoms with Crippen molar-refractivity contribution in [1.29, 1.82) is 0 Å². The van der Waals surface area contributed by atoms with Gasteiger partial charge in [-0.3, -0.25) is 14.4 Å². The van der Waals surface area contributed by atoms with E-state index < -0.39 is 0 Å². The van der Waals surface area contributed by atoms with Gasteiger partial charge in [-0.1, -0.05) is 0 Å². The molecule has 14 heavy (non-hydrogen) atoms. The van der Waals surface area contributed by atoms with Crippen LogP contribution < -0.4 is 0 Å². The summed E-state index contributed by atoms with van der Waals surface area (Å²) in [5.74, 6) is -0.714. The minimum absolute atomic E-state index is 0.00949. The summed E-state index contributed by atoms with van der Waals surface area (Å²) in [6, 6.07) is 0. The molecule has 0 saturated heterocycles. The highest BCUT2D eigenvalue weighted by molar-refractivity contribution is 5.91. The standard InChI is InChI=1S/C10H14O4/c1-6(11)9-5-8(12)3-7(9)4-10(13)14-2/h7,9H,3-5H2,1-2H3. The van der Waals surface area contributed by atoms with Gasteiger partial charge in [-0.05, 0) is 12.8 Å². The monoisotopic (exact) mass is 198 g/mol. The summed E-state index contributed by atoms with van der Waals surface area (Å²) < 4.78 is 4.51. The predicted molar refractivity (Wildman–Crippen MR) is 48.5 cm³/mol. The summed E-state index contributed by atoms with van der Waals surface area (Å²) in [4.78, 5) is 33.3. The summed E-state index contributed by atoms with van der Waals surface area (Å²) in [5, 5.41) is 0. The number of carbonyl (C=O) groups excluding carboxylic acids is 3. The molecule has 4 heteroatoms. The lowest BCUT2D eigenvalue weighted by Gasteiger charge is -2.13. The Kier molecular flexibility index (Phi) is 3.38. The average Bonchev–Trinajstić information content (AvgIpc) is 2.46. The number of methoxy groups -OCH3 is 1. The minimum atomic E-state index is -0.351. The highest BCUT2D eigenvalue weighted by Gasteiger charge is 2.37. The van der Waals surface area contributed by atoms with Crippen molar-refractivity contribution in [3.63, 3.8) is 0 Å². The van der Waals surface area contributed by atoms with E-state index in [1.807, 2.05) is 0 Å². The molecule has 4 nitrogen and oxygen atoms in total. The van der Waals surface area contributed by atoms with Gasteiger partial charge in [-0.25, -0.2) is 0 Å². The van der Waals surface area contributed by atoms with E-state index in [9.17, 15) is 14.4 Å². The van der Waals surface area contributed by atoms with E-state index in [2.05, 4.69) is 4.74 Å². The highest BCUT2D eigenvalue weighted by atomic mass is 16.5. The third-order valence-electron chi connectivity index (χ3n) is 2.69. The van der Waals surface area contributed by atoms with Gasteiger partial charge in [0.15, 0.2) is 0 Å². The summed E-state index contributed by atoms with van der Waals surface area (Å²) in [6.07, 6.45) is 0.794. The molecule has 0 aromatic rings. The summed E-state index contributed by atoms with van der Waals surface area (Å²) in [5.41, 5.74) is 0. The first-order valence-electron chi connectivity index (χ1n) is 4.63. The van der Waals surface area contributed by atoms with Gasteiger partial charge in [-0.15, -0.1) is 0 Å². The van der Waals surface area contributed by atoms with Crippen LogP contribution in [0.3, 0.4) is 0 Å². The van der Waals surface area contributed by atoms with Crippen LogP contribution in [0.15, 0.2) is 0 Å². The zero-order chi connectivity index (χ0) is 10.7. The van der Waals surface area contributed by atoms with E-state index in [4.69, 9.17) is 0 Å². The van der Waals surface area contributed by atoms with Gasteiger partial charge in [0.1, 0.15) is 11.6 Å². The van der Waals surface area contributed by atoms with Crippen molar-refractivity contribution < 1.29 is 19.1 Å². The Bertz CT molecular complexity index is 269. The maximum atomic E-state index is 11.2. The SMILES string of the molecule is COC(=O)CC1CC(=O)CC1C(C)=O. The molecule has 0 heterocycles. The van der Waals surface area contributed by atoms with Gasteiger partial charge in [0.25, 0.3) is 0 Å². The predicted octanol–water partition coefficient (Wildman–Crippen LogP) is 0.734. The molecule has 1 saturated carbocycles. The van der Waals surface area contributed by atoms with E-state index in [1.54, 1.807) is 0 Å². The molecule has 0 amide bonds. The summed E-state index contributed by atoms with van der Waals surface area (Å²) in [6.45, 7) is 1.47. The Morgan fingerprint density at radius 1 is 1.43 bits per heavy atom. The second-order valence-corrected chi connectivity index (χ2v) is 3.70. The molecule has 2 unspecified atom stereocenters. The van der Waals surface area contributed by atoms with Gasteiger partial charge in [-0.2, -0.15) is 0 Å². The Hall–Kier alpha value is -1.19. The maximum Gasteiger partial charge on any atom is 0.305 e. The third kappa shape index (κ3) is 2.40. The number of carbonyl (C=O) groups is 3. The molecule has 78 valence electrons. The van der Waals surface area contributed by atoms with Crippen molar-refractivity contribution in [2.24, 2.45) is 11.8 Å². The fourth-order valence-corrected chi connectivity index (χ4v) is 1.92. The first-order chi connectivity index (χ1) is 6.54. The van der Waals surface area contributed by atoms with Crippen molar-refractivity contribution in [3.05, 3.63) is 0 Å². The van der Waals surface area contributed by atoms with Gasteiger partial charge in [0, 0.05) is 25.2 Å². The second-order valence-electron chi connectivity index (χ2n) is 3.70. The van der Waals surface area contributed by atoms with Crippen molar-refractivity contribution >= 4 is 17.5 Å². The molecule has 0 aromatic carbocycles. The van der Waals surface area contributed by atoms with E-state index >= 15 is 0 Å². The summed E-state index contributed by atoms with van der Waals surface area (Å²) in [7, 11) is 1.31. The number of hydrogen-bond acceptors (Lipinski definition) is 4. The first-order valence-corrected chi connectivity index (χ1v) is 4.63. The van der Waals surface area contributed by atoms with Crippen molar-refractivity contribution in [3.8, 4) is 0 Å². The van der Waals surface area contributed by atoms with Crippen LogP contribution >= 0.6 is 0 Å². The van der Waals surface area contributed by atoms with Crippen LogP contribution in [-0.4, -0.2) is 24.6 Å². The molecule has 0 aromatic heterocycles. The Morgan fingerprint density at radius 3 is 2.57 bits per heavy atom. The number of ketones is 2. The Morgan fingerprint density at radius 2 is 2.07 bits per heavy atom. The first kappa shape index (κ1) is 10.9. The number of ether oxygens (including phenoxy) is 1. The Balaban J connectivity index is 2.62. The van der Waals surface area contributed by atoms with Gasteiger partial charge < -0.3 is 4.74 Å². The number of Topliss-reactive ketones (excluding diaryl/α,β-unsaturated/α-hetero) is 2. The van der Waals surface area contributed by atoms with Crippen LogP contribution in [0.25, 0.3) is 0 Å². The second kappa shape index (κ2) is 4.35. The van der Waals surface area contributed by atoms with Gasteiger partial charge >= 0.3 is 5.97 Å². The normalized spacial score (nSPS) is 26.3. The van der Waals surface area contributed by atoms with Gasteiger partial charge in [0.05, 0.1) is 7.11 Å². The number of rotatable bonds is 3. The van der Waals surface area contributed by atoms with Crippen molar-refractivity contribution in [1.82, 2.24) is 0 Å². The lowest BCUT2D eigenvalue weighted by Crippen LogP contribution is -2.19. The van der Waals surface area contributed by atoms with E-state index in [1.165, 1.54) is 14.0 Å². The van der Waals surface area contributed by atoms with Crippen LogP contribution in [0.5, 0.6) is 0 Å². The fourth-order valence-electron chi connectivity index (χ4n) is 1.92. The molecule has 0 N–H and O–H groups in total. The van der Waals surface area contributed by atoms with Crippen LogP contribution in [-0.2, 0) is 19.1 Å². The lowest BCUT2D eigenvalue weighted by atomic mass is 9.90. The molecule has 0 radical (unpaired) electrons. The molecule has 1 aliphatic rings. The molecule has 0 aliphatic heterocycles. The van der Waals surface area contributed by atoms with E-state index in [0.717, 1.165) is 0 Å². The molecule has 0 spiro atoms. The average molecular weight is 198 g/mol. The topological polar surface area (TPSA) is 60.4 Å². The largest absolute Gasteiger partial charge is 0.469 e. The molecule has 1 fully saturated rings. The molecule has 1 aliphatic carbocycles. The number of hydrogen-bond donors (Lipinski definition) is 0. The van der Waals surface area contributed by atoms with E-state index in [-0.39, 0.29) is 42.2 Å². The quantitative estimate of drug-likeness (QED) is 0.627. The third-order valence-corrected chi connectivity index (χ3v) is 2.69. The highest BCUT2D eigenvalue weighted by Crippen LogP contribution is 2.32. The minimum Gasteiger partial charge on any atom is -0.469 e. The zero-order valence-electron chi connectivity index (χ0n) is 8.41. The Labute approximate surface area is 82.6 Å². The molecule has 0 bridgehead atoms. The summed E-state index contributed by atoms with van der Waals surface area (Å²) >= 11 is 0. The van der Waals surface area contributed by atoms with Gasteiger partial charge in [0.2, 0.25) is 0 Å². The maximum absolute atomic E-state index is 11.2. The van der Waals surface area contributed by atoms with Crippen molar-refractivity contribution in [2.75, 3.05) is 7.11 Å². The number of esters is 1.